The van der Waals surface area contributed by atoms with E-state index < -0.39 is 5.82 Å². The highest BCUT2D eigenvalue weighted by Crippen LogP contribution is 2.27. The van der Waals surface area contributed by atoms with E-state index in [1.165, 1.54) is 12.1 Å². The molecule has 1 heterocycles. The zero-order valence-corrected chi connectivity index (χ0v) is 11.2. The summed E-state index contributed by atoms with van der Waals surface area (Å²) in [7, 11) is 0. The van der Waals surface area contributed by atoms with Gasteiger partial charge in [0.15, 0.2) is 11.6 Å². The van der Waals surface area contributed by atoms with Crippen molar-refractivity contribution in [2.75, 3.05) is 6.54 Å². The molecule has 0 saturated carbocycles. The van der Waals surface area contributed by atoms with Gasteiger partial charge in [-0.2, -0.15) is 0 Å². The van der Waals surface area contributed by atoms with E-state index in [1.807, 2.05) is 19.1 Å². The van der Waals surface area contributed by atoms with Crippen LogP contribution >= 0.6 is 11.6 Å². The normalized spacial score (nSPS) is 10.5. The van der Waals surface area contributed by atoms with Crippen molar-refractivity contribution < 1.29 is 9.13 Å². The molecule has 0 saturated heterocycles. The number of rotatable bonds is 5. The lowest BCUT2D eigenvalue weighted by Gasteiger charge is -2.08. The molecule has 0 amide bonds. The maximum atomic E-state index is 13.7. The predicted molar refractivity (Wildman–Crippen MR) is 73.1 cm³/mol. The topological polar surface area (TPSA) is 34.1 Å². The number of nitrogens with one attached hydrogen (secondary N) is 1. The minimum atomic E-state index is -0.581. The van der Waals surface area contributed by atoms with Gasteiger partial charge in [-0.25, -0.2) is 9.37 Å². The Balaban J connectivity index is 2.16. The van der Waals surface area contributed by atoms with Gasteiger partial charge in [-0.05, 0) is 24.7 Å². The van der Waals surface area contributed by atoms with Crippen molar-refractivity contribution in [2.24, 2.45) is 0 Å². The zero-order chi connectivity index (χ0) is 13.7. The molecule has 5 heteroatoms. The fourth-order valence-corrected chi connectivity index (χ4v) is 1.71. The second-order valence-corrected chi connectivity index (χ2v) is 4.31. The Morgan fingerprint density at radius 3 is 2.84 bits per heavy atom. The van der Waals surface area contributed by atoms with Crippen molar-refractivity contribution >= 4 is 11.6 Å². The van der Waals surface area contributed by atoms with Crippen LogP contribution in [-0.2, 0) is 6.54 Å². The van der Waals surface area contributed by atoms with Gasteiger partial charge in [0.05, 0.1) is 10.7 Å². The summed E-state index contributed by atoms with van der Waals surface area (Å²) in [5.74, 6) is -0.166. The van der Waals surface area contributed by atoms with E-state index in [9.17, 15) is 4.39 Å². The van der Waals surface area contributed by atoms with E-state index in [-0.39, 0.29) is 10.8 Å². The van der Waals surface area contributed by atoms with Gasteiger partial charge in [0.1, 0.15) is 0 Å². The quantitative estimate of drug-likeness (QED) is 0.905. The largest absolute Gasteiger partial charge is 0.436 e. The SMILES string of the molecule is CCNCc1cccc(Oc2cccc(Cl)c2F)n1. The first-order valence-electron chi connectivity index (χ1n) is 5.99. The Hall–Kier alpha value is -1.65. The molecule has 0 aliphatic carbocycles. The van der Waals surface area contributed by atoms with Gasteiger partial charge in [0.25, 0.3) is 0 Å². The molecule has 1 aromatic carbocycles. The minimum absolute atomic E-state index is 0.0290. The molecular weight excluding hydrogens is 267 g/mol. The van der Waals surface area contributed by atoms with Crippen LogP contribution in [0, 0.1) is 5.82 Å². The minimum Gasteiger partial charge on any atom is -0.436 e. The molecule has 0 radical (unpaired) electrons. The Morgan fingerprint density at radius 2 is 2.05 bits per heavy atom. The molecular formula is C14H14ClFN2O. The lowest BCUT2D eigenvalue weighted by molar-refractivity contribution is 0.425. The molecule has 2 aromatic rings. The average molecular weight is 281 g/mol. The summed E-state index contributed by atoms with van der Waals surface area (Å²) in [4.78, 5) is 4.28. The molecule has 0 aliphatic heterocycles. The van der Waals surface area contributed by atoms with Gasteiger partial charge in [0, 0.05) is 12.6 Å². The number of benzene rings is 1. The maximum Gasteiger partial charge on any atom is 0.219 e. The molecule has 0 aliphatic rings. The molecule has 100 valence electrons. The Labute approximate surface area is 116 Å². The highest BCUT2D eigenvalue weighted by atomic mass is 35.5. The molecule has 0 atom stereocenters. The van der Waals surface area contributed by atoms with Gasteiger partial charge < -0.3 is 10.1 Å². The number of aromatic nitrogens is 1. The molecule has 19 heavy (non-hydrogen) atoms. The van der Waals surface area contributed by atoms with Crippen molar-refractivity contribution in [3.8, 4) is 11.6 Å². The fraction of sp³-hybridized carbons (Fsp3) is 0.214. The highest BCUT2D eigenvalue weighted by Gasteiger charge is 2.09. The van der Waals surface area contributed by atoms with E-state index in [0.717, 1.165) is 12.2 Å². The summed E-state index contributed by atoms with van der Waals surface area (Å²) >= 11 is 5.69. The van der Waals surface area contributed by atoms with Crippen LogP contribution in [0.15, 0.2) is 36.4 Å². The first-order chi connectivity index (χ1) is 9.20. The lowest BCUT2D eigenvalue weighted by Crippen LogP contribution is -2.12. The van der Waals surface area contributed by atoms with Crippen molar-refractivity contribution in [3.63, 3.8) is 0 Å². The number of pyridine rings is 1. The van der Waals surface area contributed by atoms with Crippen molar-refractivity contribution in [1.29, 1.82) is 0 Å². The van der Waals surface area contributed by atoms with Gasteiger partial charge in [-0.15, -0.1) is 0 Å². The summed E-state index contributed by atoms with van der Waals surface area (Å²) in [6.07, 6.45) is 0. The maximum absolute atomic E-state index is 13.7. The van der Waals surface area contributed by atoms with Crippen molar-refractivity contribution in [2.45, 2.75) is 13.5 Å². The molecule has 0 unspecified atom stereocenters. The van der Waals surface area contributed by atoms with Gasteiger partial charge in [-0.1, -0.05) is 30.7 Å². The third-order valence-corrected chi connectivity index (χ3v) is 2.76. The Kier molecular flexibility index (Phi) is 4.71. The fourth-order valence-electron chi connectivity index (χ4n) is 1.54. The third-order valence-electron chi connectivity index (χ3n) is 2.47. The van der Waals surface area contributed by atoms with Crippen LogP contribution in [0.1, 0.15) is 12.6 Å². The number of ether oxygens (including phenoxy) is 1. The van der Waals surface area contributed by atoms with Crippen LogP contribution in [0.25, 0.3) is 0 Å². The second-order valence-electron chi connectivity index (χ2n) is 3.90. The lowest BCUT2D eigenvalue weighted by atomic mass is 10.3. The smallest absolute Gasteiger partial charge is 0.219 e. The number of halogens is 2. The van der Waals surface area contributed by atoms with E-state index >= 15 is 0 Å². The van der Waals surface area contributed by atoms with E-state index in [0.29, 0.717) is 12.4 Å². The van der Waals surface area contributed by atoms with E-state index in [4.69, 9.17) is 16.3 Å². The van der Waals surface area contributed by atoms with Crippen LogP contribution in [0.4, 0.5) is 4.39 Å². The third kappa shape index (κ3) is 3.66. The van der Waals surface area contributed by atoms with E-state index in [2.05, 4.69) is 10.3 Å². The first kappa shape index (κ1) is 13.8. The molecule has 0 fully saturated rings. The Bertz CT molecular complexity index is 563. The first-order valence-corrected chi connectivity index (χ1v) is 6.37. The molecule has 1 aromatic heterocycles. The molecule has 0 spiro atoms. The van der Waals surface area contributed by atoms with Gasteiger partial charge in [0.2, 0.25) is 5.88 Å². The number of nitrogens with zero attached hydrogens (tertiary/aromatic N) is 1. The van der Waals surface area contributed by atoms with Crippen molar-refractivity contribution in [1.82, 2.24) is 10.3 Å². The van der Waals surface area contributed by atoms with Crippen LogP contribution in [0.5, 0.6) is 11.6 Å². The van der Waals surface area contributed by atoms with Crippen LogP contribution in [0.3, 0.4) is 0 Å². The summed E-state index contributed by atoms with van der Waals surface area (Å²) < 4.78 is 19.1. The molecule has 0 bridgehead atoms. The standard InChI is InChI=1S/C14H14ClFN2O/c1-2-17-9-10-5-3-8-13(18-10)19-12-7-4-6-11(15)14(12)16/h3-8,17H,2,9H2,1H3. The van der Waals surface area contributed by atoms with Crippen LogP contribution in [0.2, 0.25) is 5.02 Å². The average Bonchev–Trinajstić information content (AvgIpc) is 2.42. The van der Waals surface area contributed by atoms with Crippen LogP contribution in [-0.4, -0.2) is 11.5 Å². The summed E-state index contributed by atoms with van der Waals surface area (Å²) in [6, 6.07) is 9.99. The summed E-state index contributed by atoms with van der Waals surface area (Å²) in [5, 5.41) is 3.19. The summed E-state index contributed by atoms with van der Waals surface area (Å²) in [6.45, 7) is 3.52. The second kappa shape index (κ2) is 6.50. The van der Waals surface area contributed by atoms with Crippen molar-refractivity contribution in [3.05, 3.63) is 52.9 Å². The van der Waals surface area contributed by atoms with Gasteiger partial charge >= 0.3 is 0 Å². The molecule has 3 nitrogen and oxygen atoms in total. The molecule has 1 N–H and O–H groups in total. The zero-order valence-electron chi connectivity index (χ0n) is 10.5. The summed E-state index contributed by atoms with van der Waals surface area (Å²) in [5.41, 5.74) is 0.835. The van der Waals surface area contributed by atoms with E-state index in [1.54, 1.807) is 12.1 Å². The number of hydrogen-bond donors (Lipinski definition) is 1. The number of hydrogen-bond acceptors (Lipinski definition) is 3. The highest BCUT2D eigenvalue weighted by molar-refractivity contribution is 6.30. The molecule has 2 rings (SSSR count). The Morgan fingerprint density at radius 1 is 1.26 bits per heavy atom. The predicted octanol–water partition coefficient (Wildman–Crippen LogP) is 3.78. The monoisotopic (exact) mass is 280 g/mol. The van der Waals surface area contributed by atoms with Crippen LogP contribution < -0.4 is 10.1 Å². The van der Waals surface area contributed by atoms with Gasteiger partial charge in [-0.3, -0.25) is 0 Å².